The fourth-order valence-electron chi connectivity index (χ4n) is 3.64. The van der Waals surface area contributed by atoms with Gasteiger partial charge >= 0.3 is 12.1 Å². The molecule has 0 radical (unpaired) electrons. The summed E-state index contributed by atoms with van der Waals surface area (Å²) in [6.45, 7) is 1.90. The predicted octanol–water partition coefficient (Wildman–Crippen LogP) is 3.49. The number of aryl methyl sites for hydroxylation is 1. The molecule has 32 heavy (non-hydrogen) atoms. The molecular formula is C21H23F3N2O5S. The van der Waals surface area contributed by atoms with Gasteiger partial charge in [0.25, 0.3) is 0 Å². The Hall–Kier alpha value is -2.66. The molecule has 0 amide bonds. The summed E-state index contributed by atoms with van der Waals surface area (Å²) in [7, 11) is -3.62. The Labute approximate surface area is 183 Å². The molecule has 1 aliphatic rings. The average molecular weight is 472 g/mol. The molecule has 1 fully saturated rings. The maximum absolute atomic E-state index is 12.7. The van der Waals surface area contributed by atoms with Crippen LogP contribution in [0.2, 0.25) is 0 Å². The van der Waals surface area contributed by atoms with Crippen molar-refractivity contribution in [3.8, 4) is 0 Å². The molecule has 1 saturated heterocycles. The van der Waals surface area contributed by atoms with E-state index in [1.54, 1.807) is 0 Å². The highest BCUT2D eigenvalue weighted by molar-refractivity contribution is 7.89. The minimum atomic E-state index is -4.43. The van der Waals surface area contributed by atoms with Crippen molar-refractivity contribution in [1.29, 1.82) is 0 Å². The van der Waals surface area contributed by atoms with Gasteiger partial charge in [0.1, 0.15) is 6.54 Å². The molecule has 7 nitrogen and oxygen atoms in total. The second-order valence-corrected chi connectivity index (χ2v) is 9.56. The van der Waals surface area contributed by atoms with Gasteiger partial charge in [-0.25, -0.2) is 13.2 Å². The molecule has 11 heteroatoms. The lowest BCUT2D eigenvalue weighted by Gasteiger charge is -2.15. The van der Waals surface area contributed by atoms with E-state index in [9.17, 15) is 31.2 Å². The summed E-state index contributed by atoms with van der Waals surface area (Å²) >= 11 is 0. The maximum atomic E-state index is 12.7. The Morgan fingerprint density at radius 1 is 1.06 bits per heavy atom. The van der Waals surface area contributed by atoms with Crippen LogP contribution >= 0.6 is 0 Å². The number of hydrogen-bond donors (Lipinski definition) is 0. The van der Waals surface area contributed by atoms with Crippen molar-refractivity contribution < 1.29 is 35.9 Å². The number of ether oxygens (including phenoxy) is 1. The summed E-state index contributed by atoms with van der Waals surface area (Å²) in [5.41, 5.74) is 0.508. The van der Waals surface area contributed by atoms with Gasteiger partial charge in [-0.2, -0.15) is 17.5 Å². The van der Waals surface area contributed by atoms with E-state index in [0.717, 1.165) is 17.4 Å². The second kappa shape index (κ2) is 9.07. The number of nitrogens with zero attached hydrogens (tertiary/aromatic N) is 2. The number of ketones is 1. The van der Waals surface area contributed by atoms with E-state index in [0.29, 0.717) is 13.1 Å². The van der Waals surface area contributed by atoms with Gasteiger partial charge in [0.2, 0.25) is 15.8 Å². The fourth-order valence-corrected chi connectivity index (χ4v) is 5.16. The van der Waals surface area contributed by atoms with Crippen LogP contribution in [0.15, 0.2) is 35.2 Å². The molecular weight excluding hydrogens is 449 g/mol. The summed E-state index contributed by atoms with van der Waals surface area (Å²) in [5.74, 6) is -1.47. The molecule has 0 aliphatic carbocycles. The number of aromatic nitrogens is 1. The Bertz CT molecular complexity index is 1120. The molecule has 2 heterocycles. The monoisotopic (exact) mass is 472 g/mol. The topological polar surface area (TPSA) is 85.7 Å². The van der Waals surface area contributed by atoms with Crippen LogP contribution in [-0.4, -0.2) is 54.9 Å². The summed E-state index contributed by atoms with van der Waals surface area (Å²) in [5, 5.41) is 0. The lowest BCUT2D eigenvalue weighted by molar-refractivity contribution is -0.141. The predicted molar refractivity (Wildman–Crippen MR) is 109 cm³/mol. The van der Waals surface area contributed by atoms with Crippen LogP contribution in [0, 0.1) is 13.8 Å². The smallest absolute Gasteiger partial charge is 0.406 e. The first-order valence-electron chi connectivity index (χ1n) is 9.94. The van der Waals surface area contributed by atoms with E-state index < -0.39 is 41.1 Å². The van der Waals surface area contributed by atoms with E-state index in [4.69, 9.17) is 4.74 Å². The number of rotatable bonds is 7. The van der Waals surface area contributed by atoms with E-state index in [1.807, 2.05) is 0 Å². The summed E-state index contributed by atoms with van der Waals surface area (Å²) in [6, 6.07) is 6.53. The molecule has 0 atom stereocenters. The van der Waals surface area contributed by atoms with Crippen molar-refractivity contribution in [2.45, 2.75) is 44.3 Å². The standard InChI is InChI=1S/C21H23F3N2O5S/c1-14-11-18(15(2)26(14)13-21(22,23)24)19(27)12-31-20(28)16-5-7-17(8-6-16)32(29,30)25-9-3-4-10-25/h5-8,11H,3-4,9-10,12-13H2,1-2H3. The van der Waals surface area contributed by atoms with Crippen LogP contribution in [0.1, 0.15) is 44.9 Å². The minimum absolute atomic E-state index is 0.0478. The molecule has 1 aromatic heterocycles. The number of hydrogen-bond acceptors (Lipinski definition) is 5. The third kappa shape index (κ3) is 5.21. The number of carbonyl (C=O) groups is 2. The highest BCUT2D eigenvalue weighted by atomic mass is 32.2. The fraction of sp³-hybridized carbons (Fsp3) is 0.429. The Kier molecular flexibility index (Phi) is 6.80. The first kappa shape index (κ1) is 24.0. The normalized spacial score (nSPS) is 15.2. The third-order valence-electron chi connectivity index (χ3n) is 5.34. The molecule has 0 N–H and O–H groups in total. The number of halogens is 3. The second-order valence-electron chi connectivity index (χ2n) is 7.62. The van der Waals surface area contributed by atoms with Crippen LogP contribution in [0.5, 0.6) is 0 Å². The van der Waals surface area contributed by atoms with Crippen molar-refractivity contribution in [3.05, 3.63) is 52.8 Å². The molecule has 0 spiro atoms. The first-order valence-corrected chi connectivity index (χ1v) is 11.4. The third-order valence-corrected chi connectivity index (χ3v) is 7.25. The number of esters is 1. The lowest BCUT2D eigenvalue weighted by atomic mass is 10.1. The van der Waals surface area contributed by atoms with Crippen molar-refractivity contribution >= 4 is 21.8 Å². The summed E-state index contributed by atoms with van der Waals surface area (Å²) in [6.07, 6.45) is -2.83. The van der Waals surface area contributed by atoms with Crippen LogP contribution in [0.25, 0.3) is 0 Å². The highest BCUT2D eigenvalue weighted by Gasteiger charge is 2.30. The van der Waals surface area contributed by atoms with Gasteiger partial charge in [0.05, 0.1) is 10.5 Å². The summed E-state index contributed by atoms with van der Waals surface area (Å²) in [4.78, 5) is 24.7. The number of sulfonamides is 1. The summed E-state index contributed by atoms with van der Waals surface area (Å²) < 4.78 is 70.6. The minimum Gasteiger partial charge on any atom is -0.454 e. The zero-order valence-corrected chi connectivity index (χ0v) is 18.4. The molecule has 1 aromatic carbocycles. The lowest BCUT2D eigenvalue weighted by Crippen LogP contribution is -2.27. The van der Waals surface area contributed by atoms with E-state index in [-0.39, 0.29) is 27.4 Å². The van der Waals surface area contributed by atoms with Gasteiger partial charge in [-0.3, -0.25) is 4.79 Å². The van der Waals surface area contributed by atoms with E-state index >= 15 is 0 Å². The van der Waals surface area contributed by atoms with Crippen LogP contribution in [-0.2, 0) is 21.3 Å². The van der Waals surface area contributed by atoms with Crippen LogP contribution < -0.4 is 0 Å². The first-order chi connectivity index (χ1) is 14.9. The average Bonchev–Trinajstić information content (AvgIpc) is 3.36. The Morgan fingerprint density at radius 2 is 1.66 bits per heavy atom. The van der Waals surface area contributed by atoms with Gasteiger partial charge in [0.15, 0.2) is 6.61 Å². The van der Waals surface area contributed by atoms with Crippen molar-refractivity contribution in [3.63, 3.8) is 0 Å². The molecule has 3 rings (SSSR count). The van der Waals surface area contributed by atoms with E-state index in [2.05, 4.69) is 0 Å². The zero-order chi connectivity index (χ0) is 23.7. The van der Waals surface area contributed by atoms with Gasteiger partial charge in [-0.1, -0.05) is 0 Å². The highest BCUT2D eigenvalue weighted by Crippen LogP contribution is 2.24. The Morgan fingerprint density at radius 3 is 2.22 bits per heavy atom. The van der Waals surface area contributed by atoms with E-state index in [1.165, 1.54) is 48.5 Å². The number of alkyl halides is 3. The molecule has 2 aromatic rings. The molecule has 1 aliphatic heterocycles. The zero-order valence-electron chi connectivity index (χ0n) is 17.6. The number of benzene rings is 1. The quantitative estimate of drug-likeness (QED) is 0.455. The Balaban J connectivity index is 1.65. The molecule has 0 bridgehead atoms. The maximum Gasteiger partial charge on any atom is 0.406 e. The van der Waals surface area contributed by atoms with Crippen molar-refractivity contribution in [2.24, 2.45) is 0 Å². The number of Topliss-reactive ketones (excluding diaryl/α,β-unsaturated/α-hetero) is 1. The number of carbonyl (C=O) groups excluding carboxylic acids is 2. The van der Waals surface area contributed by atoms with Crippen LogP contribution in [0.4, 0.5) is 13.2 Å². The van der Waals surface area contributed by atoms with Gasteiger partial charge in [0, 0.05) is 30.0 Å². The van der Waals surface area contributed by atoms with Crippen molar-refractivity contribution in [1.82, 2.24) is 8.87 Å². The van der Waals surface area contributed by atoms with Crippen molar-refractivity contribution in [2.75, 3.05) is 19.7 Å². The SMILES string of the molecule is Cc1cc(C(=O)COC(=O)c2ccc(S(=O)(=O)N3CCCC3)cc2)c(C)n1CC(F)(F)F. The van der Waals surface area contributed by atoms with Gasteiger partial charge < -0.3 is 9.30 Å². The molecule has 0 unspecified atom stereocenters. The largest absolute Gasteiger partial charge is 0.454 e. The van der Waals surface area contributed by atoms with Gasteiger partial charge in [-0.05, 0) is 57.0 Å². The molecule has 0 saturated carbocycles. The van der Waals surface area contributed by atoms with Gasteiger partial charge in [-0.15, -0.1) is 0 Å². The molecule has 174 valence electrons. The van der Waals surface area contributed by atoms with Crippen LogP contribution in [0.3, 0.4) is 0 Å².